The summed E-state index contributed by atoms with van der Waals surface area (Å²) in [4.78, 5) is 8.97. The van der Waals surface area contributed by atoms with Crippen LogP contribution in [0, 0.1) is 11.2 Å². The number of fused-ring (bicyclic) bond motifs is 1. The van der Waals surface area contributed by atoms with Crippen molar-refractivity contribution in [3.63, 3.8) is 0 Å². The molecule has 0 atom stereocenters. The van der Waals surface area contributed by atoms with Gasteiger partial charge < -0.3 is 5.32 Å². The lowest BCUT2D eigenvalue weighted by molar-refractivity contribution is 0.302. The molecule has 0 aliphatic rings. The topological polar surface area (TPSA) is 42.2 Å². The number of hydrogen-bond acceptors (Lipinski definition) is 3. The van der Waals surface area contributed by atoms with E-state index < -0.39 is 0 Å². The van der Waals surface area contributed by atoms with E-state index in [9.17, 15) is 4.39 Å². The largest absolute Gasteiger partial charge is 0.364 e. The first-order valence-corrected chi connectivity index (χ1v) is 9.00. The van der Waals surface area contributed by atoms with Gasteiger partial charge in [0.25, 0.3) is 0 Å². The van der Waals surface area contributed by atoms with Crippen molar-refractivity contribution >= 4 is 23.2 Å². The maximum Gasteiger partial charge on any atom is 0.235 e. The Morgan fingerprint density at radius 1 is 1.19 bits per heavy atom. The van der Waals surface area contributed by atoms with Crippen LogP contribution in [-0.2, 0) is 0 Å². The average molecular weight is 375 g/mol. The maximum absolute atomic E-state index is 13.5. The lowest BCUT2D eigenvalue weighted by Crippen LogP contribution is -2.36. The number of aromatic nitrogens is 3. The molecule has 0 aliphatic carbocycles. The Morgan fingerprint density at radius 3 is 2.58 bits per heavy atom. The minimum absolute atomic E-state index is 0.156. The molecule has 2 aromatic heterocycles. The third kappa shape index (κ3) is 3.98. The molecule has 0 saturated carbocycles. The van der Waals surface area contributed by atoms with Crippen molar-refractivity contribution in [3.8, 4) is 11.3 Å². The van der Waals surface area contributed by atoms with Crippen LogP contribution in [0.3, 0.4) is 0 Å². The molecule has 0 spiro atoms. The SMILES string of the molecule is CC(C)(C)CC(C)(C)Nc1c(-c2ccc(F)cc2Cl)nc2ncccn12. The highest BCUT2D eigenvalue weighted by Gasteiger charge is 2.28. The van der Waals surface area contributed by atoms with Gasteiger partial charge in [0, 0.05) is 23.5 Å². The monoisotopic (exact) mass is 374 g/mol. The van der Waals surface area contributed by atoms with Gasteiger partial charge in [-0.25, -0.2) is 14.4 Å². The summed E-state index contributed by atoms with van der Waals surface area (Å²) in [5.74, 6) is 0.996. The number of nitrogens with zero attached hydrogens (tertiary/aromatic N) is 3. The summed E-state index contributed by atoms with van der Waals surface area (Å²) in [6.07, 6.45) is 4.55. The normalized spacial score (nSPS) is 12.6. The Labute approximate surface area is 158 Å². The van der Waals surface area contributed by atoms with Crippen LogP contribution < -0.4 is 5.32 Å². The van der Waals surface area contributed by atoms with Crippen molar-refractivity contribution in [1.82, 2.24) is 14.4 Å². The zero-order valence-corrected chi connectivity index (χ0v) is 16.5. The van der Waals surface area contributed by atoms with Gasteiger partial charge >= 0.3 is 0 Å². The Morgan fingerprint density at radius 2 is 1.92 bits per heavy atom. The predicted molar refractivity (Wildman–Crippen MR) is 105 cm³/mol. The summed E-state index contributed by atoms with van der Waals surface area (Å²) in [7, 11) is 0. The predicted octanol–water partition coefficient (Wildman–Crippen LogP) is 5.82. The van der Waals surface area contributed by atoms with Gasteiger partial charge in [-0.05, 0) is 49.9 Å². The number of halogens is 2. The molecule has 0 amide bonds. The second-order valence-corrected chi connectivity index (χ2v) is 8.88. The zero-order valence-electron chi connectivity index (χ0n) is 15.8. The third-order valence-corrected chi connectivity index (χ3v) is 4.33. The van der Waals surface area contributed by atoms with E-state index in [1.165, 1.54) is 12.1 Å². The van der Waals surface area contributed by atoms with E-state index in [-0.39, 0.29) is 16.8 Å². The molecule has 0 fully saturated rings. The van der Waals surface area contributed by atoms with E-state index in [1.807, 2.05) is 16.7 Å². The van der Waals surface area contributed by atoms with Crippen molar-refractivity contribution in [2.24, 2.45) is 5.41 Å². The molecule has 3 aromatic rings. The molecular formula is C20H24ClFN4. The molecule has 0 aliphatic heterocycles. The smallest absolute Gasteiger partial charge is 0.235 e. The van der Waals surface area contributed by atoms with Crippen LogP contribution in [0.1, 0.15) is 41.0 Å². The summed E-state index contributed by atoms with van der Waals surface area (Å²) in [5, 5.41) is 3.94. The van der Waals surface area contributed by atoms with Crippen LogP contribution >= 0.6 is 11.6 Å². The number of benzene rings is 1. The maximum atomic E-state index is 13.5. The van der Waals surface area contributed by atoms with Crippen molar-refractivity contribution in [2.75, 3.05) is 5.32 Å². The van der Waals surface area contributed by atoms with Crippen LogP contribution in [0.4, 0.5) is 10.2 Å². The summed E-state index contributed by atoms with van der Waals surface area (Å²) >= 11 is 6.30. The van der Waals surface area contributed by atoms with E-state index >= 15 is 0 Å². The standard InChI is InChI=1S/C20H24ClFN4/c1-19(2,3)12-20(4,5)25-17-16(14-8-7-13(22)11-15(14)21)24-18-23-9-6-10-26(17)18/h6-11,25H,12H2,1-5H3. The lowest BCUT2D eigenvalue weighted by Gasteiger charge is -2.34. The summed E-state index contributed by atoms with van der Waals surface area (Å²) < 4.78 is 15.4. The van der Waals surface area contributed by atoms with Crippen LogP contribution in [-0.4, -0.2) is 19.9 Å². The average Bonchev–Trinajstić information content (AvgIpc) is 2.83. The van der Waals surface area contributed by atoms with Crippen LogP contribution in [0.25, 0.3) is 17.0 Å². The molecule has 1 aromatic carbocycles. The Hall–Kier alpha value is -2.14. The van der Waals surface area contributed by atoms with Gasteiger partial charge in [-0.15, -0.1) is 0 Å². The molecule has 6 heteroatoms. The minimum Gasteiger partial charge on any atom is -0.364 e. The van der Waals surface area contributed by atoms with E-state index in [1.54, 1.807) is 12.3 Å². The van der Waals surface area contributed by atoms with Gasteiger partial charge in [-0.2, -0.15) is 0 Å². The second kappa shape index (κ2) is 6.54. The summed E-state index contributed by atoms with van der Waals surface area (Å²) in [5.41, 5.74) is 1.30. The van der Waals surface area contributed by atoms with E-state index in [2.05, 4.69) is 49.9 Å². The van der Waals surface area contributed by atoms with Crippen LogP contribution in [0.5, 0.6) is 0 Å². The fraction of sp³-hybridized carbons (Fsp3) is 0.400. The molecule has 0 radical (unpaired) electrons. The Bertz CT molecular complexity index is 941. The Kier molecular flexibility index (Phi) is 4.69. The molecule has 138 valence electrons. The molecule has 4 nitrogen and oxygen atoms in total. The van der Waals surface area contributed by atoms with Gasteiger partial charge in [-0.1, -0.05) is 32.4 Å². The first-order valence-electron chi connectivity index (χ1n) is 8.62. The second-order valence-electron chi connectivity index (χ2n) is 8.47. The first kappa shape index (κ1) is 18.6. The van der Waals surface area contributed by atoms with Gasteiger partial charge in [0.1, 0.15) is 17.3 Å². The van der Waals surface area contributed by atoms with Crippen molar-refractivity contribution < 1.29 is 4.39 Å². The molecule has 0 bridgehead atoms. The van der Waals surface area contributed by atoms with Crippen molar-refractivity contribution in [2.45, 2.75) is 46.6 Å². The molecule has 1 N–H and O–H groups in total. The van der Waals surface area contributed by atoms with Gasteiger partial charge in [0.05, 0.1) is 5.02 Å². The number of hydrogen-bond donors (Lipinski definition) is 1. The lowest BCUT2D eigenvalue weighted by atomic mass is 9.82. The van der Waals surface area contributed by atoms with Crippen molar-refractivity contribution in [3.05, 3.63) is 47.5 Å². The molecule has 3 rings (SSSR count). The fourth-order valence-electron chi connectivity index (χ4n) is 3.57. The quantitative estimate of drug-likeness (QED) is 0.626. The molecule has 26 heavy (non-hydrogen) atoms. The van der Waals surface area contributed by atoms with Crippen LogP contribution in [0.15, 0.2) is 36.7 Å². The van der Waals surface area contributed by atoms with Crippen molar-refractivity contribution in [1.29, 1.82) is 0 Å². The Balaban J connectivity index is 2.14. The molecule has 2 heterocycles. The van der Waals surface area contributed by atoms with E-state index in [4.69, 9.17) is 11.6 Å². The van der Waals surface area contributed by atoms with E-state index in [0.717, 1.165) is 12.2 Å². The number of rotatable bonds is 4. The molecule has 0 saturated heterocycles. The third-order valence-electron chi connectivity index (χ3n) is 4.02. The summed E-state index contributed by atoms with van der Waals surface area (Å²) in [6, 6.07) is 6.20. The van der Waals surface area contributed by atoms with Gasteiger partial charge in [-0.3, -0.25) is 4.40 Å². The van der Waals surface area contributed by atoms with Crippen LogP contribution in [0.2, 0.25) is 5.02 Å². The zero-order chi connectivity index (χ0) is 19.1. The fourth-order valence-corrected chi connectivity index (χ4v) is 3.82. The van der Waals surface area contributed by atoms with Gasteiger partial charge in [0.15, 0.2) is 0 Å². The first-order chi connectivity index (χ1) is 12.1. The molecule has 0 unspecified atom stereocenters. The number of nitrogens with one attached hydrogen (secondary N) is 1. The highest BCUT2D eigenvalue weighted by molar-refractivity contribution is 6.33. The van der Waals surface area contributed by atoms with E-state index in [0.29, 0.717) is 22.1 Å². The number of anilines is 1. The summed E-state index contributed by atoms with van der Waals surface area (Å²) in [6.45, 7) is 11.0. The van der Waals surface area contributed by atoms with Gasteiger partial charge in [0.2, 0.25) is 5.78 Å². The minimum atomic E-state index is -0.372. The highest BCUT2D eigenvalue weighted by atomic mass is 35.5. The molecular weight excluding hydrogens is 351 g/mol. The highest BCUT2D eigenvalue weighted by Crippen LogP contribution is 2.37. The number of imidazole rings is 1.